The second kappa shape index (κ2) is 8.16. The van der Waals surface area contributed by atoms with Gasteiger partial charge >= 0.3 is 0 Å². The van der Waals surface area contributed by atoms with Crippen molar-refractivity contribution in [3.8, 4) is 0 Å². The minimum absolute atomic E-state index is 0.0335. The van der Waals surface area contributed by atoms with Crippen LogP contribution in [-0.4, -0.2) is 27.3 Å². The third kappa shape index (κ3) is 4.70. The Morgan fingerprint density at radius 1 is 1.18 bits per heavy atom. The molecule has 0 bridgehead atoms. The Morgan fingerprint density at radius 3 is 2.39 bits per heavy atom. The van der Waals surface area contributed by atoms with E-state index in [-0.39, 0.29) is 16.8 Å². The minimum Gasteiger partial charge on any atom is -0.267 e. The number of nitrogens with one attached hydrogen (secondary N) is 1. The third-order valence-corrected chi connectivity index (χ3v) is 4.08. The monoisotopic (exact) mass is 387 g/mol. The van der Waals surface area contributed by atoms with Gasteiger partial charge in [-0.05, 0) is 51.0 Å². The summed E-state index contributed by atoms with van der Waals surface area (Å²) in [6.07, 6.45) is 0.623. The van der Waals surface area contributed by atoms with Crippen molar-refractivity contribution < 1.29 is 18.9 Å². The highest BCUT2D eigenvalue weighted by atomic mass is 19.1. The molecule has 0 unspecified atom stereocenters. The molecule has 8 heteroatoms. The zero-order chi connectivity index (χ0) is 21.1. The smallest absolute Gasteiger partial charge is 0.267 e. The van der Waals surface area contributed by atoms with E-state index < -0.39 is 28.1 Å². The molecule has 0 atom stereocenters. The van der Waals surface area contributed by atoms with Crippen molar-refractivity contribution in [3.05, 3.63) is 75.1 Å². The molecule has 148 valence electrons. The molecule has 0 saturated carbocycles. The van der Waals surface area contributed by atoms with E-state index in [1.165, 1.54) is 30.3 Å². The van der Waals surface area contributed by atoms with Gasteiger partial charge < -0.3 is 0 Å². The Bertz CT molecular complexity index is 922. The summed E-state index contributed by atoms with van der Waals surface area (Å²) in [7, 11) is 0. The number of carbonyl (C=O) groups is 2. The Labute approximate surface area is 162 Å². The molecule has 0 radical (unpaired) electrons. The summed E-state index contributed by atoms with van der Waals surface area (Å²) in [5.41, 5.74) is 1.91. The molecule has 28 heavy (non-hydrogen) atoms. The zero-order valence-electron chi connectivity index (χ0n) is 16.2. The SMILES string of the molecule is CCc1ccc(C(=O)NN(C(=O)c2cccc([N+](=O)[O-])c2)C(C)(C)C)c(F)c1. The van der Waals surface area contributed by atoms with E-state index in [0.29, 0.717) is 6.42 Å². The highest BCUT2D eigenvalue weighted by molar-refractivity contribution is 5.99. The number of nitro groups is 1. The third-order valence-electron chi connectivity index (χ3n) is 4.08. The van der Waals surface area contributed by atoms with Crippen molar-refractivity contribution in [3.63, 3.8) is 0 Å². The normalized spacial score (nSPS) is 11.0. The van der Waals surface area contributed by atoms with Crippen LogP contribution in [0.1, 0.15) is 54.0 Å². The summed E-state index contributed by atoms with van der Waals surface area (Å²) < 4.78 is 14.3. The van der Waals surface area contributed by atoms with Crippen molar-refractivity contribution in [2.24, 2.45) is 0 Å². The molecule has 0 saturated heterocycles. The topological polar surface area (TPSA) is 92.6 Å². The van der Waals surface area contributed by atoms with Gasteiger partial charge in [-0.25, -0.2) is 9.40 Å². The van der Waals surface area contributed by atoms with Crippen LogP contribution in [-0.2, 0) is 6.42 Å². The molecule has 0 heterocycles. The lowest BCUT2D eigenvalue weighted by molar-refractivity contribution is -0.384. The van der Waals surface area contributed by atoms with Crippen LogP contribution in [0, 0.1) is 15.9 Å². The fourth-order valence-electron chi connectivity index (χ4n) is 2.53. The first-order valence-electron chi connectivity index (χ1n) is 8.73. The van der Waals surface area contributed by atoms with Crippen LogP contribution < -0.4 is 5.43 Å². The number of benzene rings is 2. The number of aryl methyl sites for hydroxylation is 1. The summed E-state index contributed by atoms with van der Waals surface area (Å²) in [6, 6.07) is 9.47. The van der Waals surface area contributed by atoms with E-state index in [1.807, 2.05) is 6.92 Å². The van der Waals surface area contributed by atoms with Crippen LogP contribution >= 0.6 is 0 Å². The number of non-ortho nitro benzene ring substituents is 1. The van der Waals surface area contributed by atoms with E-state index in [1.54, 1.807) is 26.8 Å². The number of carbonyl (C=O) groups excluding carboxylic acids is 2. The van der Waals surface area contributed by atoms with E-state index in [4.69, 9.17) is 0 Å². The standard InChI is InChI=1S/C20H22FN3O4/c1-5-13-9-10-16(17(21)11-13)18(25)22-23(20(2,3)4)19(26)14-7-6-8-15(12-14)24(27)28/h6-12H,5H2,1-4H3,(H,22,25). The molecule has 2 aromatic rings. The van der Waals surface area contributed by atoms with Gasteiger partial charge in [0.1, 0.15) is 5.82 Å². The first-order valence-corrected chi connectivity index (χ1v) is 8.73. The van der Waals surface area contributed by atoms with Crippen LogP contribution in [0.25, 0.3) is 0 Å². The number of hydrazine groups is 1. The molecule has 2 amide bonds. The van der Waals surface area contributed by atoms with Crippen LogP contribution in [0.15, 0.2) is 42.5 Å². The van der Waals surface area contributed by atoms with Crippen molar-refractivity contribution in [2.75, 3.05) is 0 Å². The fraction of sp³-hybridized carbons (Fsp3) is 0.300. The van der Waals surface area contributed by atoms with Gasteiger partial charge in [0.05, 0.1) is 16.0 Å². The average molecular weight is 387 g/mol. The van der Waals surface area contributed by atoms with Crippen molar-refractivity contribution >= 4 is 17.5 Å². The van der Waals surface area contributed by atoms with Gasteiger partial charge in [0.2, 0.25) is 0 Å². The Kier molecular flexibility index (Phi) is 6.12. The average Bonchev–Trinajstić information content (AvgIpc) is 2.64. The first kappa shape index (κ1) is 21.0. The van der Waals surface area contributed by atoms with Crippen molar-refractivity contribution in [1.29, 1.82) is 0 Å². The number of rotatable bonds is 4. The van der Waals surface area contributed by atoms with Gasteiger partial charge in [0.15, 0.2) is 0 Å². The Balaban J connectivity index is 2.34. The van der Waals surface area contributed by atoms with Gasteiger partial charge in [-0.3, -0.25) is 25.1 Å². The van der Waals surface area contributed by atoms with E-state index in [2.05, 4.69) is 5.43 Å². The van der Waals surface area contributed by atoms with Gasteiger partial charge in [-0.1, -0.05) is 19.1 Å². The van der Waals surface area contributed by atoms with Gasteiger partial charge in [0, 0.05) is 17.7 Å². The lowest BCUT2D eigenvalue weighted by atomic mass is 10.1. The number of nitro benzene ring substituents is 1. The Hall–Kier alpha value is -3.29. The summed E-state index contributed by atoms with van der Waals surface area (Å²) in [4.78, 5) is 35.8. The predicted octanol–water partition coefficient (Wildman–Crippen LogP) is 3.88. The molecule has 1 N–H and O–H groups in total. The number of amides is 2. The minimum atomic E-state index is -0.864. The first-order chi connectivity index (χ1) is 13.0. The largest absolute Gasteiger partial charge is 0.273 e. The number of halogens is 1. The van der Waals surface area contributed by atoms with Crippen LogP contribution in [0.4, 0.5) is 10.1 Å². The summed E-state index contributed by atoms with van der Waals surface area (Å²) in [5, 5.41) is 12.0. The molecular weight excluding hydrogens is 365 g/mol. The zero-order valence-corrected chi connectivity index (χ0v) is 16.2. The van der Waals surface area contributed by atoms with E-state index >= 15 is 0 Å². The number of nitrogens with zero attached hydrogens (tertiary/aromatic N) is 2. The Morgan fingerprint density at radius 2 is 1.86 bits per heavy atom. The summed E-state index contributed by atoms with van der Waals surface area (Å²) in [5.74, 6) is -2.11. The molecule has 7 nitrogen and oxygen atoms in total. The van der Waals surface area contributed by atoms with Gasteiger partial charge in [-0.2, -0.15) is 0 Å². The van der Waals surface area contributed by atoms with Crippen LogP contribution in [0.5, 0.6) is 0 Å². The summed E-state index contributed by atoms with van der Waals surface area (Å²) >= 11 is 0. The van der Waals surface area contributed by atoms with Crippen LogP contribution in [0.3, 0.4) is 0 Å². The summed E-state index contributed by atoms with van der Waals surface area (Å²) in [6.45, 7) is 6.91. The number of hydrogen-bond donors (Lipinski definition) is 1. The molecule has 2 aromatic carbocycles. The molecule has 0 aromatic heterocycles. The molecule has 2 rings (SSSR count). The van der Waals surface area contributed by atoms with Crippen molar-refractivity contribution in [2.45, 2.75) is 39.7 Å². The highest BCUT2D eigenvalue weighted by Crippen LogP contribution is 2.20. The molecule has 0 fully saturated rings. The van der Waals surface area contributed by atoms with Gasteiger partial charge in [0.25, 0.3) is 17.5 Å². The van der Waals surface area contributed by atoms with Crippen LogP contribution in [0.2, 0.25) is 0 Å². The highest BCUT2D eigenvalue weighted by Gasteiger charge is 2.31. The van der Waals surface area contributed by atoms with E-state index in [0.717, 1.165) is 16.6 Å². The van der Waals surface area contributed by atoms with Gasteiger partial charge in [-0.15, -0.1) is 0 Å². The number of hydrogen-bond acceptors (Lipinski definition) is 4. The molecule has 0 spiro atoms. The maximum Gasteiger partial charge on any atom is 0.273 e. The van der Waals surface area contributed by atoms with E-state index in [9.17, 15) is 24.1 Å². The maximum atomic E-state index is 14.3. The van der Waals surface area contributed by atoms with Crippen molar-refractivity contribution in [1.82, 2.24) is 10.4 Å². The molecule has 0 aliphatic carbocycles. The predicted molar refractivity (Wildman–Crippen MR) is 102 cm³/mol. The lowest BCUT2D eigenvalue weighted by Crippen LogP contribution is -2.56. The quantitative estimate of drug-likeness (QED) is 0.636. The molecular formula is C20H22FN3O4. The second-order valence-corrected chi connectivity index (χ2v) is 7.23. The lowest BCUT2D eigenvalue weighted by Gasteiger charge is -2.35. The molecule has 0 aliphatic rings. The second-order valence-electron chi connectivity index (χ2n) is 7.23. The maximum absolute atomic E-state index is 14.3. The molecule has 0 aliphatic heterocycles. The fourth-order valence-corrected chi connectivity index (χ4v) is 2.53.